The van der Waals surface area contributed by atoms with E-state index in [1.807, 2.05) is 0 Å². The number of nitrogens with zero attached hydrogens (tertiary/aromatic N) is 2. The highest BCUT2D eigenvalue weighted by Gasteiger charge is 2.22. The summed E-state index contributed by atoms with van der Waals surface area (Å²) in [5.41, 5.74) is 1.71. The van der Waals surface area contributed by atoms with Crippen molar-refractivity contribution in [3.05, 3.63) is 23.8 Å². The van der Waals surface area contributed by atoms with E-state index < -0.39 is 18.2 Å². The summed E-state index contributed by atoms with van der Waals surface area (Å²) in [5.74, 6) is -0.580. The van der Waals surface area contributed by atoms with E-state index in [4.69, 9.17) is 0 Å². The third-order valence-corrected chi connectivity index (χ3v) is 2.65. The molecule has 2 atom stereocenters. The average Bonchev–Trinajstić information content (AvgIpc) is 2.84. The smallest absolute Gasteiger partial charge is 0.308 e. The van der Waals surface area contributed by atoms with Crippen LogP contribution in [-0.4, -0.2) is 44.8 Å². The number of aliphatic hydroxyl groups is 2. The second-order valence-electron chi connectivity index (χ2n) is 3.86. The third kappa shape index (κ3) is 2.47. The highest BCUT2D eigenvalue weighted by molar-refractivity contribution is 5.74. The number of nitrogens with one attached hydrogen (secondary N) is 1. The molecular formula is C11H13N3O4. The van der Waals surface area contributed by atoms with Crippen LogP contribution in [0.1, 0.15) is 18.1 Å². The fourth-order valence-electron chi connectivity index (χ4n) is 1.63. The topological polar surface area (TPSA) is 108 Å². The van der Waals surface area contributed by atoms with Crippen LogP contribution in [0, 0.1) is 0 Å². The van der Waals surface area contributed by atoms with Gasteiger partial charge in [-0.1, -0.05) is 6.07 Å². The molecular weight excluding hydrogens is 238 g/mol. The van der Waals surface area contributed by atoms with Gasteiger partial charge in [0.1, 0.15) is 17.1 Å². The van der Waals surface area contributed by atoms with Gasteiger partial charge in [-0.25, -0.2) is 0 Å². The van der Waals surface area contributed by atoms with Crippen LogP contribution in [0.25, 0.3) is 11.0 Å². The Morgan fingerprint density at radius 2 is 2.11 bits per heavy atom. The SMILES string of the molecule is COC(=O)CC(O)C(O)c1ccc2n[nH]nc2c1. The van der Waals surface area contributed by atoms with Gasteiger partial charge in [0.25, 0.3) is 0 Å². The summed E-state index contributed by atoms with van der Waals surface area (Å²) in [4.78, 5) is 11.0. The minimum absolute atomic E-state index is 0.269. The number of H-pyrrole nitrogens is 1. The summed E-state index contributed by atoms with van der Waals surface area (Å²) in [6.45, 7) is 0. The number of ether oxygens (including phenoxy) is 1. The van der Waals surface area contributed by atoms with Gasteiger partial charge >= 0.3 is 5.97 Å². The van der Waals surface area contributed by atoms with Gasteiger partial charge in [-0.2, -0.15) is 15.4 Å². The molecule has 2 aromatic rings. The van der Waals surface area contributed by atoms with Gasteiger partial charge in [-0.15, -0.1) is 0 Å². The van der Waals surface area contributed by atoms with E-state index in [0.29, 0.717) is 16.6 Å². The second-order valence-corrected chi connectivity index (χ2v) is 3.86. The van der Waals surface area contributed by atoms with Gasteiger partial charge in [0.05, 0.1) is 19.6 Å². The van der Waals surface area contributed by atoms with Crippen LogP contribution in [0.5, 0.6) is 0 Å². The number of aliphatic hydroxyl groups excluding tert-OH is 2. The van der Waals surface area contributed by atoms with E-state index in [-0.39, 0.29) is 6.42 Å². The Labute approximate surface area is 102 Å². The predicted molar refractivity (Wildman–Crippen MR) is 61.5 cm³/mol. The maximum Gasteiger partial charge on any atom is 0.308 e. The number of methoxy groups -OCH3 is 1. The molecule has 0 amide bonds. The van der Waals surface area contributed by atoms with Crippen molar-refractivity contribution in [2.75, 3.05) is 7.11 Å². The Balaban J connectivity index is 2.16. The van der Waals surface area contributed by atoms with Crippen molar-refractivity contribution >= 4 is 17.0 Å². The quantitative estimate of drug-likeness (QED) is 0.656. The summed E-state index contributed by atoms with van der Waals surface area (Å²) in [6.07, 6.45) is -2.67. The Kier molecular flexibility index (Phi) is 3.54. The Hall–Kier alpha value is -1.99. The zero-order chi connectivity index (χ0) is 13.1. The first-order valence-electron chi connectivity index (χ1n) is 5.35. The number of carbonyl (C=O) groups excluding carboxylic acids is 1. The molecule has 2 unspecified atom stereocenters. The molecule has 7 nitrogen and oxygen atoms in total. The summed E-state index contributed by atoms with van der Waals surface area (Å²) in [6, 6.07) is 4.89. The van der Waals surface area contributed by atoms with Crippen LogP contribution in [-0.2, 0) is 9.53 Å². The largest absolute Gasteiger partial charge is 0.469 e. The molecule has 1 heterocycles. The number of fused-ring (bicyclic) bond motifs is 1. The lowest BCUT2D eigenvalue weighted by atomic mass is 10.0. The van der Waals surface area contributed by atoms with Gasteiger partial charge in [-0.3, -0.25) is 4.79 Å². The number of rotatable bonds is 4. The number of esters is 1. The molecule has 0 spiro atoms. The summed E-state index contributed by atoms with van der Waals surface area (Å²) in [5, 5.41) is 29.8. The molecule has 0 aliphatic rings. The van der Waals surface area contributed by atoms with E-state index >= 15 is 0 Å². The molecule has 1 aromatic carbocycles. The standard InChI is InChI=1S/C11H13N3O4/c1-18-10(16)5-9(15)11(17)6-2-3-7-8(4-6)13-14-12-7/h2-4,9,11,15,17H,5H2,1H3,(H,12,13,14). The molecule has 1 aromatic heterocycles. The Morgan fingerprint density at radius 1 is 1.39 bits per heavy atom. The average molecular weight is 251 g/mol. The normalized spacial score (nSPS) is 14.4. The fourth-order valence-corrected chi connectivity index (χ4v) is 1.63. The highest BCUT2D eigenvalue weighted by atomic mass is 16.5. The first-order chi connectivity index (χ1) is 8.61. The highest BCUT2D eigenvalue weighted by Crippen LogP contribution is 2.22. The van der Waals surface area contributed by atoms with Crippen molar-refractivity contribution in [2.45, 2.75) is 18.6 Å². The van der Waals surface area contributed by atoms with Crippen LogP contribution in [0.15, 0.2) is 18.2 Å². The molecule has 0 saturated heterocycles. The van der Waals surface area contributed by atoms with Crippen molar-refractivity contribution in [3.63, 3.8) is 0 Å². The number of aromatic nitrogens is 3. The van der Waals surface area contributed by atoms with Crippen molar-refractivity contribution in [1.82, 2.24) is 15.4 Å². The zero-order valence-electron chi connectivity index (χ0n) is 9.70. The summed E-state index contributed by atoms with van der Waals surface area (Å²) in [7, 11) is 1.23. The molecule has 18 heavy (non-hydrogen) atoms. The number of carbonyl (C=O) groups is 1. The molecule has 7 heteroatoms. The monoisotopic (exact) mass is 251 g/mol. The minimum Gasteiger partial charge on any atom is -0.469 e. The summed E-state index contributed by atoms with van der Waals surface area (Å²) < 4.78 is 4.43. The first kappa shape index (κ1) is 12.5. The van der Waals surface area contributed by atoms with E-state index in [1.54, 1.807) is 18.2 Å². The van der Waals surface area contributed by atoms with Crippen molar-refractivity contribution < 1.29 is 19.7 Å². The second kappa shape index (κ2) is 5.11. The molecule has 0 radical (unpaired) electrons. The predicted octanol–water partition coefficient (Wildman–Crippen LogP) is -0.0847. The van der Waals surface area contributed by atoms with Crippen molar-refractivity contribution in [2.24, 2.45) is 0 Å². The van der Waals surface area contributed by atoms with E-state index in [9.17, 15) is 15.0 Å². The van der Waals surface area contributed by atoms with Gasteiger partial charge in [0.2, 0.25) is 0 Å². The third-order valence-electron chi connectivity index (χ3n) is 2.65. The van der Waals surface area contributed by atoms with Crippen LogP contribution in [0.3, 0.4) is 0 Å². The van der Waals surface area contributed by atoms with E-state index in [2.05, 4.69) is 20.1 Å². The number of aromatic amines is 1. The molecule has 0 saturated carbocycles. The maximum atomic E-state index is 11.0. The molecule has 3 N–H and O–H groups in total. The maximum absolute atomic E-state index is 11.0. The van der Waals surface area contributed by atoms with Gasteiger partial charge in [0, 0.05) is 0 Å². The lowest BCUT2D eigenvalue weighted by Gasteiger charge is -2.16. The molecule has 0 aliphatic heterocycles. The van der Waals surface area contributed by atoms with E-state index in [1.165, 1.54) is 7.11 Å². The fraction of sp³-hybridized carbons (Fsp3) is 0.364. The Morgan fingerprint density at radius 3 is 2.83 bits per heavy atom. The van der Waals surface area contributed by atoms with E-state index in [0.717, 1.165) is 0 Å². The van der Waals surface area contributed by atoms with Crippen molar-refractivity contribution in [3.8, 4) is 0 Å². The van der Waals surface area contributed by atoms with Crippen LogP contribution < -0.4 is 0 Å². The molecule has 2 rings (SSSR count). The van der Waals surface area contributed by atoms with Crippen LogP contribution in [0.4, 0.5) is 0 Å². The molecule has 0 bridgehead atoms. The zero-order valence-corrected chi connectivity index (χ0v) is 9.70. The number of hydrogen-bond acceptors (Lipinski definition) is 6. The lowest BCUT2D eigenvalue weighted by Crippen LogP contribution is -2.22. The van der Waals surface area contributed by atoms with Gasteiger partial charge in [-0.05, 0) is 17.7 Å². The van der Waals surface area contributed by atoms with Gasteiger partial charge in [0.15, 0.2) is 0 Å². The molecule has 0 aliphatic carbocycles. The lowest BCUT2D eigenvalue weighted by molar-refractivity contribution is -0.144. The summed E-state index contributed by atoms with van der Waals surface area (Å²) >= 11 is 0. The molecule has 96 valence electrons. The van der Waals surface area contributed by atoms with Gasteiger partial charge < -0.3 is 14.9 Å². The molecule has 0 fully saturated rings. The minimum atomic E-state index is -1.22. The number of benzene rings is 1. The Bertz CT molecular complexity index is 554. The van der Waals surface area contributed by atoms with Crippen LogP contribution >= 0.6 is 0 Å². The van der Waals surface area contributed by atoms with Crippen molar-refractivity contribution in [1.29, 1.82) is 0 Å². The van der Waals surface area contributed by atoms with Crippen LogP contribution in [0.2, 0.25) is 0 Å². The number of hydrogen-bond donors (Lipinski definition) is 3. The first-order valence-corrected chi connectivity index (χ1v) is 5.35.